The summed E-state index contributed by atoms with van der Waals surface area (Å²) >= 11 is 0. The summed E-state index contributed by atoms with van der Waals surface area (Å²) < 4.78 is 22.5. The molecule has 0 fully saturated rings. The minimum atomic E-state index is -0.605. The van der Waals surface area contributed by atoms with E-state index in [1.165, 1.54) is 62.8 Å². The molecule has 7 nitrogen and oxygen atoms in total. The molecule has 41 heavy (non-hydrogen) atoms. The van der Waals surface area contributed by atoms with E-state index >= 15 is 0 Å². The Morgan fingerprint density at radius 3 is 1.98 bits per heavy atom. The molecule has 0 bridgehead atoms. The molecule has 0 heterocycles. The number of hydrogen-bond acceptors (Lipinski definition) is 7. The molecule has 0 aliphatic rings. The standard InChI is InChI=1S/C34H37NO6/c1-3-5-6-7-8-9-10-11-23-38-30-20-21-31(32(24-30)39-22-4-2)34(37)41-29-18-14-27(15-19-29)33(36)40-28-16-12-26(25-35)13-17-28/h4,12-21,24H,2-3,5-11,22-23H2,1H3. The molecule has 0 atom stereocenters. The van der Waals surface area contributed by atoms with E-state index in [0.717, 1.165) is 12.8 Å². The maximum Gasteiger partial charge on any atom is 0.347 e. The summed E-state index contributed by atoms with van der Waals surface area (Å²) in [6.45, 7) is 6.72. The van der Waals surface area contributed by atoms with Crippen LogP contribution in [0, 0.1) is 11.3 Å². The minimum absolute atomic E-state index is 0.220. The largest absolute Gasteiger partial charge is 0.493 e. The fourth-order valence-corrected chi connectivity index (χ4v) is 4.04. The van der Waals surface area contributed by atoms with E-state index < -0.39 is 11.9 Å². The first-order chi connectivity index (χ1) is 20.0. The van der Waals surface area contributed by atoms with Crippen molar-refractivity contribution < 1.29 is 28.5 Å². The van der Waals surface area contributed by atoms with Crippen molar-refractivity contribution in [2.24, 2.45) is 0 Å². The van der Waals surface area contributed by atoms with Gasteiger partial charge in [0.2, 0.25) is 0 Å². The number of carbonyl (C=O) groups is 2. The highest BCUT2D eigenvalue weighted by Crippen LogP contribution is 2.27. The molecule has 0 aromatic heterocycles. The molecule has 0 saturated heterocycles. The number of nitriles is 1. The van der Waals surface area contributed by atoms with Gasteiger partial charge >= 0.3 is 11.9 Å². The number of hydrogen-bond donors (Lipinski definition) is 0. The Hall–Kier alpha value is -4.57. The first-order valence-corrected chi connectivity index (χ1v) is 14.1. The average Bonchev–Trinajstić information content (AvgIpc) is 3.00. The third-order valence-corrected chi connectivity index (χ3v) is 6.29. The van der Waals surface area contributed by atoms with E-state index in [-0.39, 0.29) is 23.5 Å². The van der Waals surface area contributed by atoms with Crippen LogP contribution >= 0.6 is 0 Å². The SMILES string of the molecule is C=CCOc1cc(OCCCCCCCCCC)ccc1C(=O)Oc1ccc(C(=O)Oc2ccc(C#N)cc2)cc1. The van der Waals surface area contributed by atoms with Gasteiger partial charge < -0.3 is 18.9 Å². The number of esters is 2. The van der Waals surface area contributed by atoms with E-state index in [9.17, 15) is 9.59 Å². The van der Waals surface area contributed by atoms with Gasteiger partial charge in [-0.2, -0.15) is 5.26 Å². The van der Waals surface area contributed by atoms with Gasteiger partial charge in [-0.25, -0.2) is 9.59 Å². The van der Waals surface area contributed by atoms with Crippen molar-refractivity contribution in [1.82, 2.24) is 0 Å². The smallest absolute Gasteiger partial charge is 0.347 e. The summed E-state index contributed by atoms with van der Waals surface area (Å²) in [5, 5.41) is 8.88. The molecule has 7 heteroatoms. The Labute approximate surface area is 242 Å². The van der Waals surface area contributed by atoms with Gasteiger partial charge in [0.05, 0.1) is 23.8 Å². The summed E-state index contributed by atoms with van der Waals surface area (Å²) in [7, 11) is 0. The van der Waals surface area contributed by atoms with Gasteiger partial charge in [-0.1, -0.05) is 64.5 Å². The highest BCUT2D eigenvalue weighted by Gasteiger charge is 2.17. The van der Waals surface area contributed by atoms with Crippen LogP contribution in [-0.4, -0.2) is 25.2 Å². The number of benzene rings is 3. The summed E-state index contributed by atoms with van der Waals surface area (Å²) in [5.74, 6) is 0.359. The lowest BCUT2D eigenvalue weighted by atomic mass is 10.1. The predicted octanol–water partition coefficient (Wildman–Crippen LogP) is 8.08. The molecule has 3 aromatic carbocycles. The molecule has 3 rings (SSSR count). The Balaban J connectivity index is 1.54. The van der Waals surface area contributed by atoms with Crippen LogP contribution in [0.4, 0.5) is 0 Å². The van der Waals surface area contributed by atoms with Crippen LogP contribution in [0.5, 0.6) is 23.0 Å². The zero-order valence-electron chi connectivity index (χ0n) is 23.6. The quantitative estimate of drug-likeness (QED) is 0.0719. The molecule has 3 aromatic rings. The van der Waals surface area contributed by atoms with E-state index in [1.807, 2.05) is 6.07 Å². The van der Waals surface area contributed by atoms with Gasteiger partial charge in [-0.05, 0) is 67.1 Å². The van der Waals surface area contributed by atoms with Gasteiger partial charge in [-0.3, -0.25) is 0 Å². The van der Waals surface area contributed by atoms with Crippen LogP contribution in [0.25, 0.3) is 0 Å². The van der Waals surface area contributed by atoms with Gasteiger partial charge in [0.25, 0.3) is 0 Å². The summed E-state index contributed by atoms with van der Waals surface area (Å²) in [5.41, 5.74) is 0.993. The Morgan fingerprint density at radius 1 is 0.756 bits per heavy atom. The van der Waals surface area contributed by atoms with Crippen molar-refractivity contribution in [3.63, 3.8) is 0 Å². The van der Waals surface area contributed by atoms with E-state index in [0.29, 0.717) is 29.4 Å². The highest BCUT2D eigenvalue weighted by atomic mass is 16.5. The molecule has 214 valence electrons. The zero-order valence-corrected chi connectivity index (χ0v) is 23.6. The Morgan fingerprint density at radius 2 is 1.34 bits per heavy atom. The number of ether oxygens (including phenoxy) is 4. The van der Waals surface area contributed by atoms with Gasteiger partial charge in [0.1, 0.15) is 35.2 Å². The third kappa shape index (κ3) is 10.5. The third-order valence-electron chi connectivity index (χ3n) is 6.29. The second kappa shape index (κ2) is 17.2. The van der Waals surface area contributed by atoms with E-state index in [4.69, 9.17) is 24.2 Å². The number of nitrogens with zero attached hydrogens (tertiary/aromatic N) is 1. The zero-order chi connectivity index (χ0) is 29.3. The van der Waals surface area contributed by atoms with Crippen molar-refractivity contribution >= 4 is 11.9 Å². The predicted molar refractivity (Wildman–Crippen MR) is 158 cm³/mol. The molecule has 0 unspecified atom stereocenters. The van der Waals surface area contributed by atoms with Gasteiger partial charge in [0, 0.05) is 6.07 Å². The van der Waals surface area contributed by atoms with Crippen molar-refractivity contribution in [3.05, 3.63) is 96.1 Å². The van der Waals surface area contributed by atoms with E-state index in [2.05, 4.69) is 13.5 Å². The van der Waals surface area contributed by atoms with Crippen molar-refractivity contribution in [3.8, 4) is 29.1 Å². The van der Waals surface area contributed by atoms with Crippen LogP contribution in [0.2, 0.25) is 0 Å². The van der Waals surface area contributed by atoms with Crippen LogP contribution < -0.4 is 18.9 Å². The van der Waals surface area contributed by atoms with Crippen LogP contribution in [-0.2, 0) is 0 Å². The molecule has 0 N–H and O–H groups in total. The lowest BCUT2D eigenvalue weighted by Gasteiger charge is -2.13. The average molecular weight is 556 g/mol. The molecule has 0 aliphatic heterocycles. The van der Waals surface area contributed by atoms with Crippen molar-refractivity contribution in [2.75, 3.05) is 13.2 Å². The van der Waals surface area contributed by atoms with Gasteiger partial charge in [0.15, 0.2) is 0 Å². The fourth-order valence-electron chi connectivity index (χ4n) is 4.04. The lowest BCUT2D eigenvalue weighted by Crippen LogP contribution is -2.12. The maximum atomic E-state index is 13.0. The lowest BCUT2D eigenvalue weighted by molar-refractivity contribution is 0.0727. The second-order valence-electron chi connectivity index (χ2n) is 9.52. The molecule has 0 amide bonds. The summed E-state index contributed by atoms with van der Waals surface area (Å²) in [6, 6.07) is 19.3. The second-order valence-corrected chi connectivity index (χ2v) is 9.52. The molecular weight excluding hydrogens is 518 g/mol. The Bertz CT molecular complexity index is 1310. The van der Waals surface area contributed by atoms with Crippen LogP contribution in [0.15, 0.2) is 79.4 Å². The molecule has 0 spiro atoms. The number of carbonyl (C=O) groups excluding carboxylic acids is 2. The van der Waals surface area contributed by atoms with E-state index in [1.54, 1.807) is 48.5 Å². The van der Waals surface area contributed by atoms with Crippen LogP contribution in [0.3, 0.4) is 0 Å². The molecule has 0 radical (unpaired) electrons. The highest BCUT2D eigenvalue weighted by molar-refractivity contribution is 5.95. The van der Waals surface area contributed by atoms with Crippen LogP contribution in [0.1, 0.15) is 84.6 Å². The fraction of sp³-hybridized carbons (Fsp3) is 0.324. The first-order valence-electron chi connectivity index (χ1n) is 14.1. The number of unbranched alkanes of at least 4 members (excludes halogenated alkanes) is 7. The maximum absolute atomic E-state index is 13.0. The monoisotopic (exact) mass is 555 g/mol. The topological polar surface area (TPSA) is 94.8 Å². The van der Waals surface area contributed by atoms with Crippen molar-refractivity contribution in [1.29, 1.82) is 5.26 Å². The van der Waals surface area contributed by atoms with Crippen molar-refractivity contribution in [2.45, 2.75) is 58.3 Å². The first kappa shape index (κ1) is 31.0. The molecule has 0 saturated carbocycles. The van der Waals surface area contributed by atoms with Gasteiger partial charge in [-0.15, -0.1) is 0 Å². The molecular formula is C34H37NO6. The molecule has 0 aliphatic carbocycles. The minimum Gasteiger partial charge on any atom is -0.493 e. The normalized spacial score (nSPS) is 10.3. The number of rotatable bonds is 17. The Kier molecular flexibility index (Phi) is 13.0. The summed E-state index contributed by atoms with van der Waals surface area (Å²) in [4.78, 5) is 25.4. The summed E-state index contributed by atoms with van der Waals surface area (Å²) in [6.07, 6.45) is 11.4.